The average Bonchev–Trinajstić information content (AvgIpc) is 2.85. The van der Waals surface area contributed by atoms with Crippen molar-refractivity contribution in [2.75, 3.05) is 32.5 Å². The van der Waals surface area contributed by atoms with Crippen LogP contribution in [0.15, 0.2) is 23.2 Å². The Labute approximate surface area is 149 Å². The lowest BCUT2D eigenvalue weighted by Gasteiger charge is -2.31. The molecule has 6 heteroatoms. The summed E-state index contributed by atoms with van der Waals surface area (Å²) in [7, 11) is 2.71. The Bertz CT molecular complexity index is 554. The summed E-state index contributed by atoms with van der Waals surface area (Å²) in [6.07, 6.45) is 6.25. The minimum atomic E-state index is -1.23. The molecule has 5 nitrogen and oxygen atoms in total. The predicted octanol–water partition coefficient (Wildman–Crippen LogP) is 3.03. The molecule has 136 valence electrons. The molecule has 2 N–H and O–H groups in total. The van der Waals surface area contributed by atoms with Crippen LogP contribution in [0.1, 0.15) is 46.0 Å². The molecule has 2 heterocycles. The molecule has 0 aromatic carbocycles. The zero-order valence-corrected chi connectivity index (χ0v) is 16.3. The fourth-order valence-corrected chi connectivity index (χ4v) is 4.40. The van der Waals surface area contributed by atoms with Crippen LogP contribution in [-0.4, -0.2) is 46.8 Å². The predicted molar refractivity (Wildman–Crippen MR) is 101 cm³/mol. The molecule has 3 unspecified atom stereocenters. The van der Waals surface area contributed by atoms with Gasteiger partial charge in [0.2, 0.25) is 0 Å². The van der Waals surface area contributed by atoms with E-state index in [1.165, 1.54) is 32.2 Å². The summed E-state index contributed by atoms with van der Waals surface area (Å²) in [5.74, 6) is 1.60. The second-order valence-electron chi connectivity index (χ2n) is 7.10. The van der Waals surface area contributed by atoms with Crippen LogP contribution >= 0.6 is 0 Å². The van der Waals surface area contributed by atoms with Crippen molar-refractivity contribution in [1.82, 2.24) is 14.6 Å². The van der Waals surface area contributed by atoms with Gasteiger partial charge in [-0.3, -0.25) is 0 Å². The van der Waals surface area contributed by atoms with Crippen LogP contribution < -0.4 is 10.0 Å². The zero-order chi connectivity index (χ0) is 17.6. The van der Waals surface area contributed by atoms with Crippen LogP contribution in [0.3, 0.4) is 0 Å². The van der Waals surface area contributed by atoms with Crippen molar-refractivity contribution in [2.24, 2.45) is 5.92 Å². The molecule has 1 aliphatic rings. The summed E-state index contributed by atoms with van der Waals surface area (Å²) in [4.78, 5) is 6.94. The van der Waals surface area contributed by atoms with Gasteiger partial charge in [-0.1, -0.05) is 19.4 Å². The monoisotopic (exact) mass is 352 g/mol. The van der Waals surface area contributed by atoms with E-state index < -0.39 is 11.0 Å². The first-order valence-corrected chi connectivity index (χ1v) is 10.1. The van der Waals surface area contributed by atoms with Crippen molar-refractivity contribution in [1.29, 1.82) is 0 Å². The van der Waals surface area contributed by atoms with Crippen LogP contribution in [0.2, 0.25) is 0 Å². The second kappa shape index (κ2) is 8.92. The molecule has 0 amide bonds. The van der Waals surface area contributed by atoms with Gasteiger partial charge in [0, 0.05) is 18.6 Å². The fourth-order valence-electron chi connectivity index (χ4n) is 3.80. The van der Waals surface area contributed by atoms with Gasteiger partial charge in [0.1, 0.15) is 21.8 Å². The molecule has 0 spiro atoms. The molecular weight excluding hydrogens is 320 g/mol. The third-order valence-electron chi connectivity index (χ3n) is 5.16. The van der Waals surface area contributed by atoms with Crippen molar-refractivity contribution in [3.8, 4) is 0 Å². The maximum Gasteiger partial charge on any atom is 0.145 e. The van der Waals surface area contributed by atoms with E-state index in [1.807, 2.05) is 12.1 Å². The molecular formula is C18H32N4OS. The maximum atomic E-state index is 11.7. The van der Waals surface area contributed by atoms with Gasteiger partial charge in [0.05, 0.1) is 0 Å². The Morgan fingerprint density at radius 3 is 2.96 bits per heavy atom. The molecule has 1 aliphatic heterocycles. The Hall–Kier alpha value is -0.980. The van der Waals surface area contributed by atoms with Gasteiger partial charge in [-0.25, -0.2) is 13.9 Å². The fraction of sp³-hybridized carbons (Fsp3) is 0.722. The SMILES string of the molecule is CCCC1(C)CC(CCCNc2cccc(S(=O)NC)n2)CN1C. The van der Waals surface area contributed by atoms with Gasteiger partial charge in [-0.2, -0.15) is 0 Å². The molecule has 2 rings (SSSR count). The highest BCUT2D eigenvalue weighted by molar-refractivity contribution is 7.82. The smallest absolute Gasteiger partial charge is 0.145 e. The van der Waals surface area contributed by atoms with E-state index in [0.717, 1.165) is 24.7 Å². The van der Waals surface area contributed by atoms with Crippen LogP contribution in [0.4, 0.5) is 5.82 Å². The zero-order valence-electron chi connectivity index (χ0n) is 15.5. The molecule has 0 bridgehead atoms. The topological polar surface area (TPSA) is 57.3 Å². The lowest BCUT2D eigenvalue weighted by molar-refractivity contribution is 0.181. The number of nitrogens with one attached hydrogen (secondary N) is 2. The molecule has 1 saturated heterocycles. The Balaban J connectivity index is 1.75. The molecule has 1 fully saturated rings. The Kier molecular flexibility index (Phi) is 7.19. The summed E-state index contributed by atoms with van der Waals surface area (Å²) < 4.78 is 14.4. The number of nitrogens with zero attached hydrogens (tertiary/aromatic N) is 2. The first kappa shape index (κ1) is 19.3. The number of hydrogen-bond donors (Lipinski definition) is 2. The molecule has 0 radical (unpaired) electrons. The number of likely N-dealkylation sites (tertiary alicyclic amines) is 1. The van der Waals surface area contributed by atoms with Gasteiger partial charge in [-0.05, 0) is 64.8 Å². The van der Waals surface area contributed by atoms with Crippen LogP contribution in [0.25, 0.3) is 0 Å². The first-order chi connectivity index (χ1) is 11.5. The largest absolute Gasteiger partial charge is 0.370 e. The van der Waals surface area contributed by atoms with E-state index in [4.69, 9.17) is 0 Å². The van der Waals surface area contributed by atoms with Gasteiger partial charge in [-0.15, -0.1) is 0 Å². The minimum Gasteiger partial charge on any atom is -0.370 e. The highest BCUT2D eigenvalue weighted by atomic mass is 32.2. The van der Waals surface area contributed by atoms with Crippen molar-refractivity contribution in [3.05, 3.63) is 18.2 Å². The first-order valence-electron chi connectivity index (χ1n) is 9.00. The second-order valence-corrected chi connectivity index (χ2v) is 8.46. The van der Waals surface area contributed by atoms with Crippen molar-refractivity contribution in [3.63, 3.8) is 0 Å². The summed E-state index contributed by atoms with van der Waals surface area (Å²) >= 11 is 0. The standard InChI is InChI=1S/C18H32N4OS/c1-5-11-18(2)13-15(14-22(18)4)8-7-12-20-16-9-6-10-17(21-16)24(23)19-3/h6,9-10,15,19H,5,7-8,11-14H2,1-4H3,(H,20,21). The van der Waals surface area contributed by atoms with Crippen LogP contribution in [0, 0.1) is 5.92 Å². The van der Waals surface area contributed by atoms with Crippen molar-refractivity contribution < 1.29 is 4.21 Å². The third kappa shape index (κ3) is 5.01. The van der Waals surface area contributed by atoms with E-state index in [-0.39, 0.29) is 0 Å². The molecule has 3 atom stereocenters. The maximum absolute atomic E-state index is 11.7. The molecule has 1 aromatic rings. The molecule has 24 heavy (non-hydrogen) atoms. The van der Waals surface area contributed by atoms with Gasteiger partial charge in [0.25, 0.3) is 0 Å². The van der Waals surface area contributed by atoms with E-state index in [0.29, 0.717) is 10.6 Å². The van der Waals surface area contributed by atoms with E-state index in [2.05, 4.69) is 40.8 Å². The van der Waals surface area contributed by atoms with Gasteiger partial charge >= 0.3 is 0 Å². The number of pyridine rings is 1. The van der Waals surface area contributed by atoms with Crippen LogP contribution in [-0.2, 0) is 11.0 Å². The van der Waals surface area contributed by atoms with E-state index >= 15 is 0 Å². The van der Waals surface area contributed by atoms with Crippen LogP contribution in [0.5, 0.6) is 0 Å². The number of hydrogen-bond acceptors (Lipinski definition) is 4. The third-order valence-corrected chi connectivity index (χ3v) is 6.14. The Morgan fingerprint density at radius 2 is 2.25 bits per heavy atom. The lowest BCUT2D eigenvalue weighted by atomic mass is 9.88. The van der Waals surface area contributed by atoms with Gasteiger partial charge < -0.3 is 10.2 Å². The number of rotatable bonds is 9. The quantitative estimate of drug-likeness (QED) is 0.671. The average molecular weight is 353 g/mol. The van der Waals surface area contributed by atoms with E-state index in [9.17, 15) is 4.21 Å². The minimum absolute atomic E-state index is 0.389. The highest BCUT2D eigenvalue weighted by Gasteiger charge is 2.38. The number of aromatic nitrogens is 1. The molecule has 0 saturated carbocycles. The van der Waals surface area contributed by atoms with E-state index in [1.54, 1.807) is 13.1 Å². The van der Waals surface area contributed by atoms with Crippen molar-refractivity contribution in [2.45, 2.75) is 56.5 Å². The summed E-state index contributed by atoms with van der Waals surface area (Å²) in [5.41, 5.74) is 0.389. The lowest BCUT2D eigenvalue weighted by Crippen LogP contribution is -2.37. The summed E-state index contributed by atoms with van der Waals surface area (Å²) in [6, 6.07) is 5.60. The summed E-state index contributed by atoms with van der Waals surface area (Å²) in [5, 5.41) is 3.92. The van der Waals surface area contributed by atoms with Gasteiger partial charge in [0.15, 0.2) is 0 Å². The van der Waals surface area contributed by atoms with Crippen molar-refractivity contribution >= 4 is 16.8 Å². The normalized spacial score (nSPS) is 25.8. The number of anilines is 1. The molecule has 0 aliphatic carbocycles. The molecule has 1 aromatic heterocycles. The summed E-state index contributed by atoms with van der Waals surface area (Å²) in [6.45, 7) is 6.81. The Morgan fingerprint density at radius 1 is 1.46 bits per heavy atom. The highest BCUT2D eigenvalue weighted by Crippen LogP contribution is 2.37.